The Bertz CT molecular complexity index is 336. The number of carbonyl (C=O) groups is 1. The lowest BCUT2D eigenvalue weighted by Gasteiger charge is -2.22. The summed E-state index contributed by atoms with van der Waals surface area (Å²) in [6, 6.07) is 0.364. The van der Waals surface area contributed by atoms with Crippen molar-refractivity contribution in [3.63, 3.8) is 0 Å². The molecule has 0 radical (unpaired) electrons. The van der Waals surface area contributed by atoms with Gasteiger partial charge in [-0.15, -0.1) is 0 Å². The minimum atomic E-state index is 0.170. The minimum Gasteiger partial charge on any atom is -0.409 e. The molecule has 6 nitrogen and oxygen atoms in total. The van der Waals surface area contributed by atoms with Gasteiger partial charge in [-0.1, -0.05) is 5.16 Å². The van der Waals surface area contributed by atoms with Crippen LogP contribution in [-0.2, 0) is 9.53 Å². The van der Waals surface area contributed by atoms with E-state index in [9.17, 15) is 4.79 Å². The van der Waals surface area contributed by atoms with E-state index in [1.54, 1.807) is 0 Å². The molecule has 6 heteroatoms. The molecule has 3 N–H and O–H groups in total. The predicted octanol–water partition coefficient (Wildman–Crippen LogP) is 1.07. The number of nitrogens with two attached hydrogens (primary N) is 1. The highest BCUT2D eigenvalue weighted by atomic mass is 16.5. The Morgan fingerprint density at radius 2 is 2.16 bits per heavy atom. The van der Waals surface area contributed by atoms with Gasteiger partial charge in [0.15, 0.2) is 0 Å². The number of nitrogens with zero attached hydrogens (tertiary/aromatic N) is 2. The average molecular weight is 269 g/mol. The van der Waals surface area contributed by atoms with Crippen LogP contribution in [0.2, 0.25) is 0 Å². The van der Waals surface area contributed by atoms with Crippen LogP contribution in [0.3, 0.4) is 0 Å². The van der Waals surface area contributed by atoms with Crippen LogP contribution in [0.15, 0.2) is 5.16 Å². The summed E-state index contributed by atoms with van der Waals surface area (Å²) in [5, 5.41) is 11.5. The third-order valence-electron chi connectivity index (χ3n) is 3.75. The largest absolute Gasteiger partial charge is 0.409 e. The first kappa shape index (κ1) is 14.1. The summed E-state index contributed by atoms with van der Waals surface area (Å²) in [6.07, 6.45) is 6.36. The molecule has 0 bridgehead atoms. The number of carbonyl (C=O) groups excluding carboxylic acids is 1. The third kappa shape index (κ3) is 4.38. The molecule has 1 saturated carbocycles. The van der Waals surface area contributed by atoms with Crippen LogP contribution in [0, 0.1) is 0 Å². The molecule has 2 rings (SSSR count). The van der Waals surface area contributed by atoms with Crippen LogP contribution < -0.4 is 5.73 Å². The van der Waals surface area contributed by atoms with Crippen LogP contribution in [-0.4, -0.2) is 47.1 Å². The van der Waals surface area contributed by atoms with Crippen LogP contribution in [0.25, 0.3) is 0 Å². The number of oxime groups is 1. The normalized spacial score (nSPS) is 23.6. The van der Waals surface area contributed by atoms with E-state index in [1.807, 2.05) is 4.90 Å². The van der Waals surface area contributed by atoms with E-state index in [-0.39, 0.29) is 17.8 Å². The molecule has 1 heterocycles. The van der Waals surface area contributed by atoms with E-state index in [2.05, 4.69) is 5.16 Å². The fourth-order valence-corrected chi connectivity index (χ4v) is 2.48. The van der Waals surface area contributed by atoms with Crippen molar-refractivity contribution in [2.24, 2.45) is 10.9 Å². The number of ether oxygens (including phenoxy) is 1. The van der Waals surface area contributed by atoms with E-state index >= 15 is 0 Å². The van der Waals surface area contributed by atoms with E-state index in [1.165, 1.54) is 0 Å². The lowest BCUT2D eigenvalue weighted by molar-refractivity contribution is -0.132. The molecule has 1 atom stereocenters. The summed E-state index contributed by atoms with van der Waals surface area (Å²) < 4.78 is 5.53. The summed E-state index contributed by atoms with van der Waals surface area (Å²) in [5.74, 6) is 0.348. The molecule has 2 aliphatic rings. The van der Waals surface area contributed by atoms with E-state index in [4.69, 9.17) is 15.7 Å². The zero-order chi connectivity index (χ0) is 13.7. The van der Waals surface area contributed by atoms with Gasteiger partial charge >= 0.3 is 0 Å². The lowest BCUT2D eigenvalue weighted by Crippen LogP contribution is -2.36. The smallest absolute Gasteiger partial charge is 0.222 e. The number of hydrogen-bond acceptors (Lipinski definition) is 4. The van der Waals surface area contributed by atoms with Gasteiger partial charge in [0.05, 0.1) is 6.10 Å². The number of rotatable bonds is 7. The van der Waals surface area contributed by atoms with E-state index < -0.39 is 0 Å². The standard InChI is InChI=1S/C13H23N3O3/c14-12(15-18)7-8-16(10-3-4-10)13(17)6-5-11-2-1-9-19-11/h10-11,18H,1-9H2,(H2,14,15). The molecule has 19 heavy (non-hydrogen) atoms. The van der Waals surface area contributed by atoms with Crippen molar-refractivity contribution in [3.8, 4) is 0 Å². The molecule has 0 aromatic carbocycles. The highest BCUT2D eigenvalue weighted by molar-refractivity contribution is 5.81. The highest BCUT2D eigenvalue weighted by Crippen LogP contribution is 2.28. The fraction of sp³-hybridized carbons (Fsp3) is 0.846. The number of amides is 1. The summed E-state index contributed by atoms with van der Waals surface area (Å²) in [4.78, 5) is 14.1. The van der Waals surface area contributed by atoms with Gasteiger partial charge in [-0.3, -0.25) is 4.79 Å². The minimum absolute atomic E-state index is 0.170. The molecule has 1 unspecified atom stereocenters. The Morgan fingerprint density at radius 3 is 2.74 bits per heavy atom. The van der Waals surface area contributed by atoms with Gasteiger partial charge in [-0.2, -0.15) is 0 Å². The quantitative estimate of drug-likeness (QED) is 0.313. The zero-order valence-corrected chi connectivity index (χ0v) is 11.3. The topological polar surface area (TPSA) is 88.2 Å². The second-order valence-corrected chi connectivity index (χ2v) is 5.33. The lowest BCUT2D eigenvalue weighted by atomic mass is 10.1. The van der Waals surface area contributed by atoms with E-state index in [0.29, 0.717) is 25.4 Å². The van der Waals surface area contributed by atoms with Crippen molar-refractivity contribution < 1.29 is 14.7 Å². The van der Waals surface area contributed by atoms with Crippen LogP contribution in [0.1, 0.15) is 44.9 Å². The Kier molecular flexibility index (Phi) is 5.01. The van der Waals surface area contributed by atoms with Crippen molar-refractivity contribution in [3.05, 3.63) is 0 Å². The summed E-state index contributed by atoms with van der Waals surface area (Å²) >= 11 is 0. The molecule has 2 fully saturated rings. The molecule has 1 aliphatic carbocycles. The van der Waals surface area contributed by atoms with Crippen molar-refractivity contribution >= 4 is 11.7 Å². The Morgan fingerprint density at radius 1 is 1.37 bits per heavy atom. The summed E-state index contributed by atoms with van der Waals surface area (Å²) in [7, 11) is 0. The molecule has 108 valence electrons. The van der Waals surface area contributed by atoms with Gasteiger partial charge in [0, 0.05) is 32.0 Å². The molecule has 1 aliphatic heterocycles. The highest BCUT2D eigenvalue weighted by Gasteiger charge is 2.32. The molecule has 1 amide bonds. The van der Waals surface area contributed by atoms with Crippen LogP contribution >= 0.6 is 0 Å². The van der Waals surface area contributed by atoms with Crippen molar-refractivity contribution in [1.82, 2.24) is 4.90 Å². The van der Waals surface area contributed by atoms with Gasteiger partial charge in [0.25, 0.3) is 0 Å². The van der Waals surface area contributed by atoms with Gasteiger partial charge < -0.3 is 20.6 Å². The number of amidine groups is 1. The Hall–Kier alpha value is -1.30. The van der Waals surface area contributed by atoms with Gasteiger partial charge in [-0.05, 0) is 32.1 Å². The molecular weight excluding hydrogens is 246 g/mol. The Labute approximate surface area is 113 Å². The maximum Gasteiger partial charge on any atom is 0.222 e. The van der Waals surface area contributed by atoms with Crippen molar-refractivity contribution in [1.29, 1.82) is 0 Å². The van der Waals surface area contributed by atoms with Crippen LogP contribution in [0.4, 0.5) is 0 Å². The first-order chi connectivity index (χ1) is 9.20. The zero-order valence-electron chi connectivity index (χ0n) is 11.3. The van der Waals surface area contributed by atoms with Gasteiger partial charge in [0.2, 0.25) is 5.91 Å². The monoisotopic (exact) mass is 269 g/mol. The third-order valence-corrected chi connectivity index (χ3v) is 3.75. The first-order valence-electron chi connectivity index (χ1n) is 7.08. The second kappa shape index (κ2) is 6.75. The molecule has 0 aromatic heterocycles. The molecule has 0 spiro atoms. The Balaban J connectivity index is 1.75. The SMILES string of the molecule is NC(CCN(C(=O)CCC1CCCO1)C1CC1)=NO. The first-order valence-corrected chi connectivity index (χ1v) is 7.08. The average Bonchev–Trinajstić information content (AvgIpc) is 3.11. The fourth-order valence-electron chi connectivity index (χ4n) is 2.48. The molecular formula is C13H23N3O3. The maximum atomic E-state index is 12.2. The van der Waals surface area contributed by atoms with Gasteiger partial charge in [0.1, 0.15) is 5.84 Å². The molecule has 0 aromatic rings. The van der Waals surface area contributed by atoms with Crippen molar-refractivity contribution in [2.75, 3.05) is 13.2 Å². The maximum absolute atomic E-state index is 12.2. The molecule has 1 saturated heterocycles. The van der Waals surface area contributed by atoms with Gasteiger partial charge in [-0.25, -0.2) is 0 Å². The second-order valence-electron chi connectivity index (χ2n) is 5.33. The number of hydrogen-bond donors (Lipinski definition) is 2. The summed E-state index contributed by atoms with van der Waals surface area (Å²) in [6.45, 7) is 1.37. The van der Waals surface area contributed by atoms with Crippen LogP contribution in [0.5, 0.6) is 0 Å². The predicted molar refractivity (Wildman–Crippen MR) is 71.0 cm³/mol. The van der Waals surface area contributed by atoms with Crippen molar-refractivity contribution in [2.45, 2.75) is 57.1 Å². The van der Waals surface area contributed by atoms with E-state index in [0.717, 1.165) is 38.7 Å². The summed E-state index contributed by atoms with van der Waals surface area (Å²) in [5.41, 5.74) is 5.46.